The number of hydrogen-bond acceptors (Lipinski definition) is 5. The molecule has 1 saturated carbocycles. The van der Waals surface area contributed by atoms with Gasteiger partial charge in [0.15, 0.2) is 0 Å². The van der Waals surface area contributed by atoms with Crippen molar-refractivity contribution in [3.63, 3.8) is 0 Å². The van der Waals surface area contributed by atoms with Crippen molar-refractivity contribution in [2.75, 3.05) is 26.2 Å². The van der Waals surface area contributed by atoms with Crippen LogP contribution in [0, 0.1) is 11.8 Å². The van der Waals surface area contributed by atoms with Gasteiger partial charge in [-0.05, 0) is 63.9 Å². The zero-order valence-corrected chi connectivity index (χ0v) is 19.6. The second-order valence-corrected chi connectivity index (χ2v) is 10.4. The Balaban J connectivity index is 1.18. The Kier molecular flexibility index (Phi) is 6.93. The first-order valence-electron chi connectivity index (χ1n) is 12.0. The van der Waals surface area contributed by atoms with E-state index in [-0.39, 0.29) is 24.3 Å². The fourth-order valence-electron chi connectivity index (χ4n) is 5.13. The van der Waals surface area contributed by atoms with Gasteiger partial charge in [0.1, 0.15) is 12.2 Å². The first-order chi connectivity index (χ1) is 15.3. The fourth-order valence-corrected chi connectivity index (χ4v) is 5.13. The van der Waals surface area contributed by atoms with Crippen LogP contribution < -0.4 is 5.32 Å². The van der Waals surface area contributed by atoms with Crippen molar-refractivity contribution in [3.05, 3.63) is 35.9 Å². The number of fused-ring (bicyclic) bond motifs is 1. The van der Waals surface area contributed by atoms with Crippen LogP contribution in [-0.4, -0.2) is 65.9 Å². The number of hydrogen-bond donors (Lipinski definition) is 1. The molecular formula is C25H37N3O4. The Morgan fingerprint density at radius 2 is 1.81 bits per heavy atom. The van der Waals surface area contributed by atoms with E-state index < -0.39 is 5.60 Å². The van der Waals surface area contributed by atoms with Crippen LogP contribution in [0.15, 0.2) is 30.3 Å². The molecular weight excluding hydrogens is 406 g/mol. The van der Waals surface area contributed by atoms with E-state index in [9.17, 15) is 9.59 Å². The molecule has 3 fully saturated rings. The lowest BCUT2D eigenvalue weighted by atomic mass is 9.99. The van der Waals surface area contributed by atoms with Gasteiger partial charge in [-0.2, -0.15) is 0 Å². The molecule has 1 aromatic carbocycles. The van der Waals surface area contributed by atoms with Gasteiger partial charge in [-0.15, -0.1) is 0 Å². The number of alkyl carbamates (subject to hydrolysis) is 1. The van der Waals surface area contributed by atoms with Gasteiger partial charge in [-0.25, -0.2) is 9.59 Å². The van der Waals surface area contributed by atoms with Gasteiger partial charge in [0.2, 0.25) is 0 Å². The highest BCUT2D eigenvalue weighted by Gasteiger charge is 2.56. The minimum atomic E-state index is -0.464. The minimum Gasteiger partial charge on any atom is -0.445 e. The number of carbonyl (C=O) groups excluding carboxylic acids is 2. The van der Waals surface area contributed by atoms with Crippen LogP contribution in [-0.2, 0) is 16.1 Å². The van der Waals surface area contributed by atoms with E-state index in [1.165, 1.54) is 6.42 Å². The summed E-state index contributed by atoms with van der Waals surface area (Å²) in [5.41, 5.74) is 0.550. The molecule has 32 heavy (non-hydrogen) atoms. The molecule has 2 saturated heterocycles. The summed E-state index contributed by atoms with van der Waals surface area (Å²) < 4.78 is 11.0. The summed E-state index contributed by atoms with van der Waals surface area (Å²) in [6.07, 6.45) is 3.73. The summed E-state index contributed by atoms with van der Waals surface area (Å²) >= 11 is 0. The molecule has 1 N–H and O–H groups in total. The van der Waals surface area contributed by atoms with E-state index in [0.29, 0.717) is 18.4 Å². The maximum absolute atomic E-state index is 12.7. The fraction of sp³-hybridized carbons (Fsp3) is 0.680. The molecule has 0 aromatic heterocycles. The zero-order chi connectivity index (χ0) is 22.7. The Bertz CT molecular complexity index is 782. The van der Waals surface area contributed by atoms with Crippen molar-refractivity contribution < 1.29 is 19.1 Å². The summed E-state index contributed by atoms with van der Waals surface area (Å²) in [6.45, 7) is 9.76. The molecule has 3 unspecified atom stereocenters. The number of piperidine rings is 2. The average molecular weight is 444 g/mol. The number of nitrogens with one attached hydrogen (secondary N) is 1. The maximum Gasteiger partial charge on any atom is 0.410 e. The van der Waals surface area contributed by atoms with E-state index in [4.69, 9.17) is 9.47 Å². The van der Waals surface area contributed by atoms with Gasteiger partial charge in [0, 0.05) is 38.3 Å². The lowest BCUT2D eigenvalue weighted by Gasteiger charge is -2.36. The molecule has 0 bridgehead atoms. The number of amides is 2. The van der Waals surface area contributed by atoms with Crippen molar-refractivity contribution in [2.45, 2.75) is 70.7 Å². The number of ether oxygens (including phenoxy) is 2. The lowest BCUT2D eigenvalue weighted by Crippen LogP contribution is -2.45. The minimum absolute atomic E-state index is 0.190. The largest absolute Gasteiger partial charge is 0.445 e. The molecule has 3 aliphatic rings. The molecule has 3 atom stereocenters. The van der Waals surface area contributed by atoms with Gasteiger partial charge in [-0.1, -0.05) is 30.3 Å². The van der Waals surface area contributed by atoms with Crippen LogP contribution in [0.3, 0.4) is 0 Å². The summed E-state index contributed by atoms with van der Waals surface area (Å²) in [5, 5.41) is 3.03. The molecule has 4 rings (SSSR count). The predicted molar refractivity (Wildman–Crippen MR) is 122 cm³/mol. The van der Waals surface area contributed by atoms with Gasteiger partial charge < -0.3 is 24.6 Å². The third-order valence-corrected chi connectivity index (χ3v) is 6.80. The molecule has 2 amide bonds. The lowest BCUT2D eigenvalue weighted by molar-refractivity contribution is 0.0513. The predicted octanol–water partition coefficient (Wildman–Crippen LogP) is 4.02. The van der Waals surface area contributed by atoms with Crippen LogP contribution >= 0.6 is 0 Å². The van der Waals surface area contributed by atoms with E-state index in [2.05, 4.69) is 10.2 Å². The molecule has 1 aromatic rings. The topological polar surface area (TPSA) is 71.1 Å². The molecule has 7 heteroatoms. The van der Waals surface area contributed by atoms with Gasteiger partial charge in [0.05, 0.1) is 0 Å². The number of carbonyl (C=O) groups is 2. The maximum atomic E-state index is 12.7. The van der Waals surface area contributed by atoms with Gasteiger partial charge in [-0.3, -0.25) is 0 Å². The first kappa shape index (κ1) is 22.9. The Hall–Kier alpha value is -2.28. The van der Waals surface area contributed by atoms with Gasteiger partial charge in [0.25, 0.3) is 0 Å². The van der Waals surface area contributed by atoms with Crippen LogP contribution in [0.1, 0.15) is 52.0 Å². The molecule has 7 nitrogen and oxygen atoms in total. The summed E-state index contributed by atoms with van der Waals surface area (Å²) in [5.74, 6) is 1.06. The van der Waals surface area contributed by atoms with Crippen molar-refractivity contribution in [3.8, 4) is 0 Å². The Labute approximate surface area is 191 Å². The van der Waals surface area contributed by atoms with E-state index in [0.717, 1.165) is 51.0 Å². The first-order valence-corrected chi connectivity index (χ1v) is 12.0. The van der Waals surface area contributed by atoms with Gasteiger partial charge >= 0.3 is 12.2 Å². The van der Waals surface area contributed by atoms with Crippen LogP contribution in [0.5, 0.6) is 0 Å². The highest BCUT2D eigenvalue weighted by atomic mass is 16.6. The quantitative estimate of drug-likeness (QED) is 0.719. The Morgan fingerprint density at radius 1 is 1.09 bits per heavy atom. The molecule has 2 aliphatic heterocycles. The second-order valence-electron chi connectivity index (χ2n) is 10.4. The molecule has 2 heterocycles. The monoisotopic (exact) mass is 443 g/mol. The molecule has 176 valence electrons. The number of nitrogens with zero attached hydrogens (tertiary/aromatic N) is 2. The van der Waals surface area contributed by atoms with Crippen molar-refractivity contribution in [2.24, 2.45) is 11.8 Å². The van der Waals surface area contributed by atoms with Crippen LogP contribution in [0.4, 0.5) is 9.59 Å². The summed E-state index contributed by atoms with van der Waals surface area (Å²) in [4.78, 5) is 29.1. The number of rotatable bonds is 6. The molecule has 1 aliphatic carbocycles. The van der Waals surface area contributed by atoms with E-state index in [1.54, 1.807) is 0 Å². The average Bonchev–Trinajstić information content (AvgIpc) is 3.18. The van der Waals surface area contributed by atoms with Crippen molar-refractivity contribution in [1.82, 2.24) is 15.1 Å². The highest BCUT2D eigenvalue weighted by molar-refractivity contribution is 5.69. The van der Waals surface area contributed by atoms with Crippen molar-refractivity contribution in [1.29, 1.82) is 0 Å². The summed E-state index contributed by atoms with van der Waals surface area (Å²) in [6, 6.07) is 10.3. The van der Waals surface area contributed by atoms with Crippen LogP contribution in [0.25, 0.3) is 0 Å². The third kappa shape index (κ3) is 5.94. The number of benzene rings is 1. The number of likely N-dealkylation sites (tertiary alicyclic amines) is 2. The third-order valence-electron chi connectivity index (χ3n) is 6.80. The SMILES string of the molecule is CC(C)(C)OC(=O)NC1C2CN(CCC3CCCCN3C(=O)OCc3ccccc3)CC21. The highest BCUT2D eigenvalue weighted by Crippen LogP contribution is 2.45. The van der Waals surface area contributed by atoms with Crippen LogP contribution in [0.2, 0.25) is 0 Å². The zero-order valence-electron chi connectivity index (χ0n) is 19.6. The van der Waals surface area contributed by atoms with E-state index >= 15 is 0 Å². The molecule has 0 spiro atoms. The Morgan fingerprint density at radius 3 is 2.50 bits per heavy atom. The smallest absolute Gasteiger partial charge is 0.410 e. The summed E-state index contributed by atoms with van der Waals surface area (Å²) in [7, 11) is 0. The van der Waals surface area contributed by atoms with E-state index in [1.807, 2.05) is 56.0 Å². The standard InChI is InChI=1S/C25H37N3O4/c1-25(2,3)32-23(29)26-22-20-15-27(16-21(20)22)14-12-19-11-7-8-13-28(19)24(30)31-17-18-9-5-4-6-10-18/h4-6,9-10,19-22H,7-8,11-17H2,1-3H3,(H,26,29). The normalized spacial score (nSPS) is 27.5. The molecule has 0 radical (unpaired) electrons. The second kappa shape index (κ2) is 9.69. The van der Waals surface area contributed by atoms with Crippen molar-refractivity contribution >= 4 is 12.2 Å².